The third-order valence-corrected chi connectivity index (χ3v) is 4.07. The monoisotopic (exact) mass is 345 g/mol. The lowest BCUT2D eigenvalue weighted by Gasteiger charge is -2.16. The fourth-order valence-electron chi connectivity index (χ4n) is 2.66. The van der Waals surface area contributed by atoms with Gasteiger partial charge in [-0.05, 0) is 28.8 Å². The molecule has 5 heteroatoms. The molecule has 3 aromatic rings. The molecule has 26 heavy (non-hydrogen) atoms. The minimum Gasteiger partial charge on any atom is -0.368 e. The molecule has 0 unspecified atom stereocenters. The van der Waals surface area contributed by atoms with Crippen molar-refractivity contribution < 1.29 is 9.59 Å². The van der Waals surface area contributed by atoms with E-state index in [2.05, 4.69) is 10.3 Å². The Morgan fingerprint density at radius 1 is 0.923 bits per heavy atom. The summed E-state index contributed by atoms with van der Waals surface area (Å²) in [4.78, 5) is 27.9. The molecule has 0 spiro atoms. The largest absolute Gasteiger partial charge is 0.368 e. The van der Waals surface area contributed by atoms with Crippen LogP contribution in [0.2, 0.25) is 0 Å². The number of nitrogens with two attached hydrogens (primary N) is 1. The van der Waals surface area contributed by atoms with Crippen molar-refractivity contribution in [1.29, 1.82) is 0 Å². The minimum atomic E-state index is -0.787. The van der Waals surface area contributed by atoms with E-state index in [1.54, 1.807) is 18.3 Å². The smallest absolute Gasteiger partial charge is 0.253 e. The molecule has 0 aliphatic rings. The van der Waals surface area contributed by atoms with Gasteiger partial charge < -0.3 is 11.1 Å². The van der Waals surface area contributed by atoms with Crippen LogP contribution in [0.5, 0.6) is 0 Å². The molecular formula is C21H19N3O2. The maximum atomic E-state index is 12.2. The zero-order chi connectivity index (χ0) is 18.4. The van der Waals surface area contributed by atoms with Gasteiger partial charge >= 0.3 is 0 Å². The Bertz CT molecular complexity index is 878. The highest BCUT2D eigenvalue weighted by molar-refractivity contribution is 5.97. The number of nitrogens with one attached hydrogen (secondary N) is 1. The summed E-state index contributed by atoms with van der Waals surface area (Å²) in [6.45, 7) is 0. The lowest BCUT2D eigenvalue weighted by atomic mass is 10.0. The average Bonchev–Trinajstić information content (AvgIpc) is 2.69. The van der Waals surface area contributed by atoms with Crippen LogP contribution in [-0.4, -0.2) is 22.8 Å². The van der Waals surface area contributed by atoms with E-state index in [1.165, 1.54) is 6.20 Å². The van der Waals surface area contributed by atoms with Gasteiger partial charge in [-0.1, -0.05) is 54.6 Å². The summed E-state index contributed by atoms with van der Waals surface area (Å²) in [7, 11) is 0. The summed E-state index contributed by atoms with van der Waals surface area (Å²) < 4.78 is 0. The van der Waals surface area contributed by atoms with Gasteiger partial charge in [0.2, 0.25) is 5.91 Å². The highest BCUT2D eigenvalue weighted by Crippen LogP contribution is 2.19. The number of rotatable bonds is 6. The van der Waals surface area contributed by atoms with E-state index in [4.69, 9.17) is 5.73 Å². The third kappa shape index (κ3) is 4.33. The molecule has 2 amide bonds. The van der Waals surface area contributed by atoms with Crippen LogP contribution in [0.1, 0.15) is 15.9 Å². The van der Waals surface area contributed by atoms with E-state index in [-0.39, 0.29) is 5.91 Å². The molecule has 0 bridgehead atoms. The molecule has 0 aliphatic heterocycles. The highest BCUT2D eigenvalue weighted by Gasteiger charge is 2.19. The van der Waals surface area contributed by atoms with Gasteiger partial charge in [0.25, 0.3) is 5.91 Å². The van der Waals surface area contributed by atoms with Crippen molar-refractivity contribution in [2.24, 2.45) is 5.73 Å². The van der Waals surface area contributed by atoms with Crippen molar-refractivity contribution in [3.63, 3.8) is 0 Å². The van der Waals surface area contributed by atoms with Gasteiger partial charge in [-0.25, -0.2) is 0 Å². The zero-order valence-electron chi connectivity index (χ0n) is 14.1. The number of nitrogens with zero attached hydrogens (tertiary/aromatic N) is 1. The van der Waals surface area contributed by atoms with Gasteiger partial charge in [-0.15, -0.1) is 0 Å². The highest BCUT2D eigenvalue weighted by atomic mass is 16.2. The second-order valence-electron chi connectivity index (χ2n) is 5.94. The topological polar surface area (TPSA) is 85.1 Å². The van der Waals surface area contributed by atoms with Gasteiger partial charge in [0.15, 0.2) is 0 Å². The quantitative estimate of drug-likeness (QED) is 0.720. The van der Waals surface area contributed by atoms with Crippen molar-refractivity contribution in [2.75, 3.05) is 0 Å². The predicted molar refractivity (Wildman–Crippen MR) is 100 cm³/mol. The molecule has 1 atom stereocenters. The number of hydrogen-bond acceptors (Lipinski definition) is 3. The lowest BCUT2D eigenvalue weighted by molar-refractivity contribution is -0.119. The van der Waals surface area contributed by atoms with Crippen LogP contribution in [0.15, 0.2) is 79.1 Å². The Morgan fingerprint density at radius 3 is 2.23 bits per heavy atom. The maximum absolute atomic E-state index is 12.2. The molecule has 0 radical (unpaired) electrons. The number of carbonyl (C=O) groups excluding carboxylic acids is 2. The summed E-state index contributed by atoms with van der Waals surface area (Å²) in [6, 6.07) is 20.4. The van der Waals surface area contributed by atoms with Gasteiger partial charge in [0.1, 0.15) is 6.04 Å². The Morgan fingerprint density at radius 2 is 1.62 bits per heavy atom. The maximum Gasteiger partial charge on any atom is 0.253 e. The van der Waals surface area contributed by atoms with E-state index in [9.17, 15) is 9.59 Å². The first kappa shape index (κ1) is 17.4. The van der Waals surface area contributed by atoms with Crippen LogP contribution in [0, 0.1) is 0 Å². The molecule has 5 nitrogen and oxygen atoms in total. The first-order chi connectivity index (χ1) is 12.6. The van der Waals surface area contributed by atoms with Crippen LogP contribution in [0.3, 0.4) is 0 Å². The van der Waals surface area contributed by atoms with Crippen molar-refractivity contribution in [3.05, 3.63) is 90.3 Å². The summed E-state index contributed by atoms with van der Waals surface area (Å²) in [6.07, 6.45) is 3.36. The standard InChI is InChI=1S/C21H19N3O2/c22-20(25)19(24-21(26)18-7-4-12-23-14-18)13-15-8-10-17(11-9-15)16-5-2-1-3-6-16/h1-12,14,19H,13H2,(H2,22,25)(H,24,26)/t19-/m0/s1. The second-order valence-corrected chi connectivity index (χ2v) is 5.94. The molecule has 1 aromatic heterocycles. The van der Waals surface area contributed by atoms with E-state index in [1.807, 2.05) is 54.6 Å². The number of benzene rings is 2. The Labute approximate surface area is 151 Å². The van der Waals surface area contributed by atoms with Crippen LogP contribution >= 0.6 is 0 Å². The van der Waals surface area contributed by atoms with Crippen LogP contribution < -0.4 is 11.1 Å². The molecule has 0 saturated carbocycles. The number of amides is 2. The molecule has 0 fully saturated rings. The molecule has 3 rings (SSSR count). The molecule has 3 N–H and O–H groups in total. The molecule has 1 heterocycles. The van der Waals surface area contributed by atoms with Crippen LogP contribution in [0.25, 0.3) is 11.1 Å². The third-order valence-electron chi connectivity index (χ3n) is 4.07. The molecule has 2 aromatic carbocycles. The first-order valence-corrected chi connectivity index (χ1v) is 8.28. The summed E-state index contributed by atoms with van der Waals surface area (Å²) in [5, 5.41) is 2.67. The normalized spacial score (nSPS) is 11.5. The van der Waals surface area contributed by atoms with Crippen molar-refractivity contribution >= 4 is 11.8 Å². The predicted octanol–water partition coefficient (Wildman–Crippen LogP) is 2.58. The molecule has 0 aliphatic carbocycles. The SMILES string of the molecule is NC(=O)[C@H](Cc1ccc(-c2ccccc2)cc1)NC(=O)c1cccnc1. The average molecular weight is 345 g/mol. The zero-order valence-corrected chi connectivity index (χ0v) is 14.1. The van der Waals surface area contributed by atoms with E-state index in [0.29, 0.717) is 12.0 Å². The van der Waals surface area contributed by atoms with E-state index < -0.39 is 11.9 Å². The number of carbonyl (C=O) groups is 2. The Kier molecular flexibility index (Phi) is 5.39. The van der Waals surface area contributed by atoms with Crippen LogP contribution in [0.4, 0.5) is 0 Å². The second kappa shape index (κ2) is 8.07. The number of aromatic nitrogens is 1. The van der Waals surface area contributed by atoms with Crippen molar-refractivity contribution in [2.45, 2.75) is 12.5 Å². The summed E-state index contributed by atoms with van der Waals surface area (Å²) in [5.74, 6) is -0.947. The fraction of sp³-hybridized carbons (Fsp3) is 0.0952. The molecule has 130 valence electrons. The van der Waals surface area contributed by atoms with E-state index in [0.717, 1.165) is 16.7 Å². The number of hydrogen-bond donors (Lipinski definition) is 2. The lowest BCUT2D eigenvalue weighted by Crippen LogP contribution is -2.45. The Hall–Kier alpha value is -3.47. The van der Waals surface area contributed by atoms with Gasteiger partial charge in [-0.2, -0.15) is 0 Å². The first-order valence-electron chi connectivity index (χ1n) is 8.28. The van der Waals surface area contributed by atoms with Gasteiger partial charge in [-0.3, -0.25) is 14.6 Å². The van der Waals surface area contributed by atoms with Crippen molar-refractivity contribution in [3.8, 4) is 11.1 Å². The minimum absolute atomic E-state index is 0.330. The summed E-state index contributed by atoms with van der Waals surface area (Å²) in [5.41, 5.74) is 8.97. The fourth-order valence-corrected chi connectivity index (χ4v) is 2.66. The molecular weight excluding hydrogens is 326 g/mol. The van der Waals surface area contributed by atoms with Crippen molar-refractivity contribution in [1.82, 2.24) is 10.3 Å². The van der Waals surface area contributed by atoms with Gasteiger partial charge in [0, 0.05) is 18.8 Å². The van der Waals surface area contributed by atoms with Crippen LogP contribution in [-0.2, 0) is 11.2 Å². The Balaban J connectivity index is 1.70. The molecule has 0 saturated heterocycles. The summed E-state index contributed by atoms with van der Waals surface area (Å²) >= 11 is 0. The number of primary amides is 1. The number of pyridine rings is 1. The van der Waals surface area contributed by atoms with Gasteiger partial charge in [0.05, 0.1) is 5.56 Å². The van der Waals surface area contributed by atoms with E-state index >= 15 is 0 Å².